The number of hydrogen-bond acceptors (Lipinski definition) is 7. The van der Waals surface area contributed by atoms with E-state index in [-0.39, 0.29) is 12.3 Å². The normalized spacial score (nSPS) is 12.3. The molecule has 39 heavy (non-hydrogen) atoms. The van der Waals surface area contributed by atoms with E-state index in [1.807, 2.05) is 6.07 Å². The monoisotopic (exact) mass is 652 g/mol. The number of carbonyl (C=O) groups excluding carboxylic acids is 4. The Kier molecular flexibility index (Phi) is 11.9. The number of halogens is 1. The first-order chi connectivity index (χ1) is 18.3. The Balaban J connectivity index is 2.10. The Bertz CT molecular complexity index is 1220. The highest BCUT2D eigenvalue weighted by Gasteiger charge is 2.31. The van der Waals surface area contributed by atoms with Gasteiger partial charge in [0.2, 0.25) is 11.8 Å². The summed E-state index contributed by atoms with van der Waals surface area (Å²) < 4.78 is 11.4. The topological polar surface area (TPSA) is 148 Å². The van der Waals surface area contributed by atoms with Gasteiger partial charge in [-0.1, -0.05) is 32.0 Å². The average molecular weight is 652 g/mol. The molecule has 10 nitrogen and oxygen atoms in total. The minimum absolute atomic E-state index is 0.0533. The Labute approximate surface area is 241 Å². The number of esters is 1. The molecular formula is C28H33IN2O8. The van der Waals surface area contributed by atoms with E-state index in [2.05, 4.69) is 33.2 Å². The van der Waals surface area contributed by atoms with Crippen molar-refractivity contribution in [2.45, 2.75) is 52.6 Å². The summed E-state index contributed by atoms with van der Waals surface area (Å²) in [6.45, 7) is 6.14. The van der Waals surface area contributed by atoms with Gasteiger partial charge in [0.15, 0.2) is 12.4 Å². The van der Waals surface area contributed by atoms with Crippen LogP contribution in [0.25, 0.3) is 0 Å². The molecule has 2 rings (SSSR count). The van der Waals surface area contributed by atoms with Crippen LogP contribution in [-0.2, 0) is 30.3 Å². The number of aryl methyl sites for hydroxylation is 2. The zero-order valence-electron chi connectivity index (χ0n) is 22.5. The van der Waals surface area contributed by atoms with Gasteiger partial charge in [-0.3, -0.25) is 19.2 Å². The van der Waals surface area contributed by atoms with Crippen molar-refractivity contribution in [1.82, 2.24) is 10.6 Å². The molecule has 0 saturated heterocycles. The van der Waals surface area contributed by atoms with Gasteiger partial charge in [0.05, 0.1) is 25.5 Å². The number of nitrogens with one attached hydrogen (secondary N) is 2. The number of methoxy groups -OCH3 is 1. The first-order valence-corrected chi connectivity index (χ1v) is 13.3. The number of ketones is 1. The first-order valence-electron chi connectivity index (χ1n) is 12.2. The standard InChI is InChI=1S/C28H33IN2O8/c1-15(2)26(31-23(33)12-18-11-19(29)9-10-22(18)38-5)27(36)30-20(13-24(34)35)21(32)14-39-28(37)25-16(3)7-6-8-17(25)4/h6-11,15,20,26H,12-14H2,1-5H3,(H,30,36)(H,31,33)(H,34,35)/t20?,26-/m0/s1. The number of amides is 2. The van der Waals surface area contributed by atoms with Crippen LogP contribution in [0.5, 0.6) is 5.75 Å². The van der Waals surface area contributed by atoms with Crippen LogP contribution in [0.3, 0.4) is 0 Å². The second kappa shape index (κ2) is 14.6. The predicted molar refractivity (Wildman–Crippen MR) is 152 cm³/mol. The van der Waals surface area contributed by atoms with E-state index in [4.69, 9.17) is 9.47 Å². The van der Waals surface area contributed by atoms with Crippen LogP contribution in [0.15, 0.2) is 36.4 Å². The summed E-state index contributed by atoms with van der Waals surface area (Å²) in [6, 6.07) is 8.11. The quantitative estimate of drug-likeness (QED) is 0.221. The van der Waals surface area contributed by atoms with E-state index < -0.39 is 54.6 Å². The number of carbonyl (C=O) groups is 5. The molecule has 210 valence electrons. The lowest BCUT2D eigenvalue weighted by molar-refractivity contribution is -0.141. The Morgan fingerprint density at radius 1 is 1.00 bits per heavy atom. The Morgan fingerprint density at radius 3 is 2.21 bits per heavy atom. The lowest BCUT2D eigenvalue weighted by atomic mass is 10.0. The molecule has 0 fully saturated rings. The molecule has 2 atom stereocenters. The summed E-state index contributed by atoms with van der Waals surface area (Å²) in [5.41, 5.74) is 2.29. The van der Waals surface area contributed by atoms with E-state index >= 15 is 0 Å². The summed E-state index contributed by atoms with van der Waals surface area (Å²) in [4.78, 5) is 62.7. The number of aliphatic carboxylic acids is 1. The van der Waals surface area contributed by atoms with Crippen molar-refractivity contribution >= 4 is 52.1 Å². The summed E-state index contributed by atoms with van der Waals surface area (Å²) in [7, 11) is 1.49. The summed E-state index contributed by atoms with van der Waals surface area (Å²) >= 11 is 2.11. The van der Waals surface area contributed by atoms with E-state index in [0.29, 0.717) is 28.0 Å². The highest BCUT2D eigenvalue weighted by atomic mass is 127. The minimum Gasteiger partial charge on any atom is -0.496 e. The van der Waals surface area contributed by atoms with Crippen molar-refractivity contribution in [3.8, 4) is 5.75 Å². The third-order valence-electron chi connectivity index (χ3n) is 5.97. The van der Waals surface area contributed by atoms with Crippen LogP contribution in [0.1, 0.15) is 47.3 Å². The number of ether oxygens (including phenoxy) is 2. The van der Waals surface area contributed by atoms with Crippen molar-refractivity contribution in [3.63, 3.8) is 0 Å². The van der Waals surface area contributed by atoms with Crippen molar-refractivity contribution < 1.29 is 38.6 Å². The third-order valence-corrected chi connectivity index (χ3v) is 6.64. The van der Waals surface area contributed by atoms with Crippen LogP contribution in [-0.4, -0.2) is 60.4 Å². The molecule has 0 radical (unpaired) electrons. The molecule has 2 aromatic carbocycles. The van der Waals surface area contributed by atoms with Gasteiger partial charge < -0.3 is 25.2 Å². The highest BCUT2D eigenvalue weighted by Crippen LogP contribution is 2.21. The van der Waals surface area contributed by atoms with Gasteiger partial charge in [0.1, 0.15) is 17.8 Å². The number of hydrogen-bond donors (Lipinski definition) is 3. The maximum Gasteiger partial charge on any atom is 0.339 e. The molecule has 0 spiro atoms. The second-order valence-corrected chi connectivity index (χ2v) is 10.6. The number of carboxylic acids is 1. The highest BCUT2D eigenvalue weighted by molar-refractivity contribution is 14.1. The summed E-state index contributed by atoms with van der Waals surface area (Å²) in [5, 5.41) is 14.4. The number of carboxylic acid groups (broad SMARTS) is 1. The van der Waals surface area contributed by atoms with Crippen LogP contribution >= 0.6 is 22.6 Å². The largest absolute Gasteiger partial charge is 0.496 e. The number of Topliss-reactive ketones (excluding diaryl/α,β-unsaturated/α-hetero) is 1. The van der Waals surface area contributed by atoms with Crippen molar-refractivity contribution in [2.24, 2.45) is 5.92 Å². The van der Waals surface area contributed by atoms with Crippen LogP contribution in [0.2, 0.25) is 0 Å². The van der Waals surface area contributed by atoms with E-state index in [1.165, 1.54) is 7.11 Å². The lowest BCUT2D eigenvalue weighted by Crippen LogP contribution is -2.54. The smallest absolute Gasteiger partial charge is 0.339 e. The molecule has 0 aliphatic carbocycles. The zero-order chi connectivity index (χ0) is 29.3. The molecule has 3 N–H and O–H groups in total. The third kappa shape index (κ3) is 9.34. The first kappa shape index (κ1) is 31.7. The zero-order valence-corrected chi connectivity index (χ0v) is 24.7. The molecule has 2 amide bonds. The molecule has 1 unspecified atom stereocenters. The molecule has 0 aromatic heterocycles. The molecule has 11 heteroatoms. The van der Waals surface area contributed by atoms with Gasteiger partial charge in [-0.2, -0.15) is 0 Å². The molecule has 0 bridgehead atoms. The molecule has 0 aliphatic rings. The number of rotatable bonds is 13. The minimum atomic E-state index is -1.46. The molecule has 0 heterocycles. The van der Waals surface area contributed by atoms with Gasteiger partial charge >= 0.3 is 11.9 Å². The van der Waals surface area contributed by atoms with Gasteiger partial charge in [0.25, 0.3) is 0 Å². The lowest BCUT2D eigenvalue weighted by Gasteiger charge is -2.24. The molecular weight excluding hydrogens is 619 g/mol. The van der Waals surface area contributed by atoms with Gasteiger partial charge in [-0.25, -0.2) is 4.79 Å². The molecule has 0 saturated carbocycles. The Morgan fingerprint density at radius 2 is 1.64 bits per heavy atom. The van der Waals surface area contributed by atoms with Gasteiger partial charge in [-0.05, 0) is 71.7 Å². The van der Waals surface area contributed by atoms with Crippen LogP contribution < -0.4 is 15.4 Å². The molecule has 0 aliphatic heterocycles. The maximum atomic E-state index is 13.1. The fourth-order valence-corrected chi connectivity index (χ4v) is 4.50. The summed E-state index contributed by atoms with van der Waals surface area (Å²) in [6.07, 6.45) is -0.772. The summed E-state index contributed by atoms with van der Waals surface area (Å²) in [5.74, 6) is -3.87. The van der Waals surface area contributed by atoms with Crippen molar-refractivity contribution in [2.75, 3.05) is 13.7 Å². The van der Waals surface area contributed by atoms with E-state index in [1.54, 1.807) is 58.0 Å². The van der Waals surface area contributed by atoms with E-state index in [0.717, 1.165) is 3.57 Å². The number of benzene rings is 2. The second-order valence-electron chi connectivity index (χ2n) is 9.39. The fraction of sp³-hybridized carbons (Fsp3) is 0.393. The predicted octanol–water partition coefficient (Wildman–Crippen LogP) is 2.99. The van der Waals surface area contributed by atoms with Crippen LogP contribution in [0, 0.1) is 23.3 Å². The SMILES string of the molecule is COc1ccc(I)cc1CC(=O)N[C@H](C(=O)NC(CC(=O)O)C(=O)COC(=O)c1c(C)cccc1C)C(C)C. The fourth-order valence-electron chi connectivity index (χ4n) is 3.95. The average Bonchev–Trinajstić information content (AvgIpc) is 2.85. The Hall–Kier alpha value is -3.48. The van der Waals surface area contributed by atoms with Crippen molar-refractivity contribution in [3.05, 3.63) is 62.2 Å². The van der Waals surface area contributed by atoms with Gasteiger partial charge in [-0.15, -0.1) is 0 Å². The molecule has 2 aromatic rings. The van der Waals surface area contributed by atoms with Crippen molar-refractivity contribution in [1.29, 1.82) is 0 Å². The van der Waals surface area contributed by atoms with E-state index in [9.17, 15) is 29.1 Å². The maximum absolute atomic E-state index is 13.1. The van der Waals surface area contributed by atoms with Crippen LogP contribution in [0.4, 0.5) is 0 Å². The van der Waals surface area contributed by atoms with Gasteiger partial charge in [0, 0.05) is 9.13 Å².